The van der Waals surface area contributed by atoms with Gasteiger partial charge in [0.25, 0.3) is 0 Å². The van der Waals surface area contributed by atoms with Gasteiger partial charge < -0.3 is 10.6 Å². The smallest absolute Gasteiger partial charge is 0.175 e. The third-order valence-electron chi connectivity index (χ3n) is 4.58. The summed E-state index contributed by atoms with van der Waals surface area (Å²) >= 11 is 17.8. The molecule has 0 aliphatic heterocycles. The molecule has 0 aliphatic rings. The number of aromatic nitrogens is 2. The molecule has 7 heteroatoms. The molecule has 2 aromatic carbocycles. The lowest BCUT2D eigenvalue weighted by atomic mass is 10.1. The van der Waals surface area contributed by atoms with Crippen LogP contribution in [0.1, 0.15) is 29.4 Å². The van der Waals surface area contributed by atoms with E-state index in [1.165, 1.54) is 5.56 Å². The van der Waals surface area contributed by atoms with Crippen molar-refractivity contribution in [3.05, 3.63) is 75.0 Å². The zero-order chi connectivity index (χ0) is 20.3. The summed E-state index contributed by atoms with van der Waals surface area (Å²) in [5.41, 5.74) is 5.94. The molecule has 4 nitrogen and oxygen atoms in total. The standard InChI is InChI=1S/C21H22Cl2N4S/c1-4-15-5-9-18(10-6-15)24-21(28)25-20-13(2)26-27(14(20)3)12-16-7-8-17(22)11-19(16)23/h5-11H,4,12H2,1-3H3,(H2,24,25,28). The van der Waals surface area contributed by atoms with Gasteiger partial charge in [0.05, 0.1) is 23.6 Å². The molecule has 0 saturated carbocycles. The maximum atomic E-state index is 6.30. The van der Waals surface area contributed by atoms with Crippen LogP contribution in [-0.4, -0.2) is 14.9 Å². The molecule has 0 amide bonds. The summed E-state index contributed by atoms with van der Waals surface area (Å²) in [6, 6.07) is 13.7. The molecule has 0 bridgehead atoms. The van der Waals surface area contributed by atoms with E-state index in [1.54, 1.807) is 6.07 Å². The van der Waals surface area contributed by atoms with Crippen LogP contribution in [0.25, 0.3) is 0 Å². The van der Waals surface area contributed by atoms with Crippen molar-refractivity contribution in [1.29, 1.82) is 0 Å². The van der Waals surface area contributed by atoms with Crippen molar-refractivity contribution >= 4 is 51.9 Å². The first kappa shape index (κ1) is 20.6. The Morgan fingerprint density at radius 1 is 1.07 bits per heavy atom. The van der Waals surface area contributed by atoms with Crippen molar-refractivity contribution in [3.8, 4) is 0 Å². The summed E-state index contributed by atoms with van der Waals surface area (Å²) in [7, 11) is 0. The molecule has 1 aromatic heterocycles. The summed E-state index contributed by atoms with van der Waals surface area (Å²) in [6.45, 7) is 6.65. The molecule has 0 radical (unpaired) electrons. The maximum Gasteiger partial charge on any atom is 0.175 e. The third-order valence-corrected chi connectivity index (χ3v) is 5.37. The van der Waals surface area contributed by atoms with Crippen molar-refractivity contribution in [2.75, 3.05) is 10.6 Å². The average molecular weight is 433 g/mol. The maximum absolute atomic E-state index is 6.30. The number of thiocarbonyl (C=S) groups is 1. The van der Waals surface area contributed by atoms with Gasteiger partial charge in [-0.2, -0.15) is 5.10 Å². The molecular weight excluding hydrogens is 411 g/mol. The molecule has 3 rings (SSSR count). The van der Waals surface area contributed by atoms with Crippen LogP contribution in [0, 0.1) is 13.8 Å². The van der Waals surface area contributed by atoms with Crippen LogP contribution in [0.3, 0.4) is 0 Å². The molecule has 0 saturated heterocycles. The number of rotatable bonds is 5. The normalized spacial score (nSPS) is 10.8. The van der Waals surface area contributed by atoms with Gasteiger partial charge in [0.1, 0.15) is 0 Å². The zero-order valence-corrected chi connectivity index (χ0v) is 18.3. The van der Waals surface area contributed by atoms with Crippen LogP contribution < -0.4 is 10.6 Å². The third kappa shape index (κ3) is 4.85. The molecule has 0 spiro atoms. The van der Waals surface area contributed by atoms with Crippen LogP contribution >= 0.6 is 35.4 Å². The summed E-state index contributed by atoms with van der Waals surface area (Å²) in [6.07, 6.45) is 1.01. The molecular formula is C21H22Cl2N4S. The molecule has 28 heavy (non-hydrogen) atoms. The lowest BCUT2D eigenvalue weighted by Crippen LogP contribution is -2.20. The minimum absolute atomic E-state index is 0.527. The van der Waals surface area contributed by atoms with E-state index in [0.717, 1.165) is 34.7 Å². The molecule has 0 fully saturated rings. The lowest BCUT2D eigenvalue weighted by Gasteiger charge is -2.12. The highest BCUT2D eigenvalue weighted by Crippen LogP contribution is 2.25. The first-order valence-corrected chi connectivity index (χ1v) is 10.2. The second-order valence-corrected chi connectivity index (χ2v) is 7.82. The number of anilines is 2. The molecule has 146 valence electrons. The van der Waals surface area contributed by atoms with Crippen molar-refractivity contribution < 1.29 is 0 Å². The van der Waals surface area contributed by atoms with Gasteiger partial charge in [-0.3, -0.25) is 4.68 Å². The molecule has 2 N–H and O–H groups in total. The average Bonchev–Trinajstić information content (AvgIpc) is 2.92. The number of nitrogens with zero attached hydrogens (tertiary/aromatic N) is 2. The summed E-state index contributed by atoms with van der Waals surface area (Å²) in [5.74, 6) is 0. The highest BCUT2D eigenvalue weighted by atomic mass is 35.5. The van der Waals surface area contributed by atoms with Gasteiger partial charge in [-0.15, -0.1) is 0 Å². The molecule has 0 atom stereocenters. The van der Waals surface area contributed by atoms with Gasteiger partial charge in [-0.1, -0.05) is 48.3 Å². The Balaban J connectivity index is 1.72. The second kappa shape index (κ2) is 8.95. The van der Waals surface area contributed by atoms with Crippen LogP contribution in [-0.2, 0) is 13.0 Å². The Labute approximate surface area is 180 Å². The zero-order valence-electron chi connectivity index (χ0n) is 16.0. The first-order valence-electron chi connectivity index (χ1n) is 9.02. The molecule has 3 aromatic rings. The summed E-state index contributed by atoms with van der Waals surface area (Å²) in [5, 5.41) is 12.9. The fraction of sp³-hybridized carbons (Fsp3) is 0.238. The molecule has 0 unspecified atom stereocenters. The minimum atomic E-state index is 0.527. The fourth-order valence-corrected chi connectivity index (χ4v) is 3.63. The van der Waals surface area contributed by atoms with E-state index < -0.39 is 0 Å². The van der Waals surface area contributed by atoms with Gasteiger partial charge in [-0.25, -0.2) is 0 Å². The van der Waals surface area contributed by atoms with E-state index in [1.807, 2.05) is 42.8 Å². The van der Waals surface area contributed by atoms with Crippen molar-refractivity contribution in [1.82, 2.24) is 9.78 Å². The lowest BCUT2D eigenvalue weighted by molar-refractivity contribution is 0.659. The minimum Gasteiger partial charge on any atom is -0.332 e. The Bertz CT molecular complexity index is 996. The van der Waals surface area contributed by atoms with Crippen LogP contribution in [0.15, 0.2) is 42.5 Å². The van der Waals surface area contributed by atoms with E-state index in [0.29, 0.717) is 21.7 Å². The van der Waals surface area contributed by atoms with Gasteiger partial charge in [0.15, 0.2) is 5.11 Å². The van der Waals surface area contributed by atoms with E-state index in [9.17, 15) is 0 Å². The van der Waals surface area contributed by atoms with E-state index in [2.05, 4.69) is 34.8 Å². The number of nitrogens with one attached hydrogen (secondary N) is 2. The summed E-state index contributed by atoms with van der Waals surface area (Å²) < 4.78 is 1.91. The van der Waals surface area contributed by atoms with Crippen molar-refractivity contribution in [2.45, 2.75) is 33.7 Å². The van der Waals surface area contributed by atoms with E-state index >= 15 is 0 Å². The van der Waals surface area contributed by atoms with Crippen LogP contribution in [0.4, 0.5) is 11.4 Å². The van der Waals surface area contributed by atoms with Crippen LogP contribution in [0.2, 0.25) is 10.0 Å². The predicted molar refractivity (Wildman–Crippen MR) is 123 cm³/mol. The summed E-state index contributed by atoms with van der Waals surface area (Å²) in [4.78, 5) is 0. The molecule has 1 heterocycles. The number of halogens is 2. The number of aryl methyl sites for hydroxylation is 2. The monoisotopic (exact) mass is 432 g/mol. The quantitative estimate of drug-likeness (QED) is 0.469. The molecule has 0 aliphatic carbocycles. The Hall–Kier alpha value is -2.08. The number of benzene rings is 2. The fourth-order valence-electron chi connectivity index (χ4n) is 2.94. The highest BCUT2D eigenvalue weighted by Gasteiger charge is 2.14. The number of hydrogen-bond acceptors (Lipinski definition) is 2. The Kier molecular flexibility index (Phi) is 6.60. The highest BCUT2D eigenvalue weighted by molar-refractivity contribution is 7.80. The first-order chi connectivity index (χ1) is 13.4. The Morgan fingerprint density at radius 2 is 1.79 bits per heavy atom. The van der Waals surface area contributed by atoms with Crippen molar-refractivity contribution in [3.63, 3.8) is 0 Å². The van der Waals surface area contributed by atoms with Gasteiger partial charge in [0, 0.05) is 15.7 Å². The van der Waals surface area contributed by atoms with E-state index in [4.69, 9.17) is 35.4 Å². The van der Waals surface area contributed by atoms with Gasteiger partial charge in [-0.05, 0) is 67.9 Å². The Morgan fingerprint density at radius 3 is 2.43 bits per heavy atom. The van der Waals surface area contributed by atoms with Gasteiger partial charge in [0.2, 0.25) is 0 Å². The largest absolute Gasteiger partial charge is 0.332 e. The van der Waals surface area contributed by atoms with Gasteiger partial charge >= 0.3 is 0 Å². The number of hydrogen-bond donors (Lipinski definition) is 2. The van der Waals surface area contributed by atoms with E-state index in [-0.39, 0.29) is 0 Å². The second-order valence-electron chi connectivity index (χ2n) is 6.57. The SMILES string of the molecule is CCc1ccc(NC(=S)Nc2c(C)nn(Cc3ccc(Cl)cc3Cl)c2C)cc1. The van der Waals surface area contributed by atoms with Crippen molar-refractivity contribution in [2.24, 2.45) is 0 Å². The van der Waals surface area contributed by atoms with Crippen LogP contribution in [0.5, 0.6) is 0 Å². The topological polar surface area (TPSA) is 41.9 Å². The predicted octanol–water partition coefficient (Wildman–Crippen LogP) is 6.23.